The van der Waals surface area contributed by atoms with Gasteiger partial charge in [0.1, 0.15) is 25.4 Å². The maximum Gasteiger partial charge on any atom is 0.407 e. The molecule has 121 heavy (non-hydrogen) atoms. The van der Waals surface area contributed by atoms with Gasteiger partial charge in [-0.1, -0.05) is 185 Å². The zero-order chi connectivity index (χ0) is 85.3. The van der Waals surface area contributed by atoms with Crippen LogP contribution in [0.3, 0.4) is 0 Å². The number of Topliss-reactive ketones (excluding diaryl/α,β-unsaturated/α-hetero) is 3. The van der Waals surface area contributed by atoms with Gasteiger partial charge in [-0.15, -0.1) is 0 Å². The number of esters is 1. The summed E-state index contributed by atoms with van der Waals surface area (Å²) in [6.45, 7) is 12.2. The van der Waals surface area contributed by atoms with Crippen molar-refractivity contribution in [3.05, 3.63) is 238 Å². The number of nitrogen functional groups attached to an aromatic ring is 1. The first-order valence-corrected chi connectivity index (χ1v) is 43.3. The van der Waals surface area contributed by atoms with Crippen molar-refractivity contribution in [3.63, 3.8) is 0 Å². The van der Waals surface area contributed by atoms with Crippen molar-refractivity contribution in [2.45, 2.75) is 211 Å². The first kappa shape index (κ1) is 84.9. The molecule has 0 bridgehead atoms. The minimum absolute atomic E-state index is 0.00425. The number of allylic oxidation sites excluding steroid dienone is 8. The average molecular weight is 1650 g/mol. The van der Waals surface area contributed by atoms with Crippen molar-refractivity contribution in [1.82, 2.24) is 5.32 Å². The van der Waals surface area contributed by atoms with Crippen molar-refractivity contribution in [2.24, 2.45) is 63.1 Å². The van der Waals surface area contributed by atoms with E-state index >= 15 is 0 Å². The fourth-order valence-corrected chi connectivity index (χ4v) is 24.2. The molecule has 2 amide bonds. The smallest absolute Gasteiger partial charge is 0.407 e. The number of carbonyl (C=O) groups excluding carboxylic acids is 8. The summed E-state index contributed by atoms with van der Waals surface area (Å²) >= 11 is 0. The summed E-state index contributed by atoms with van der Waals surface area (Å²) in [7, 11) is 0. The number of ether oxygens (including phenoxy) is 6. The molecule has 2 aliphatic heterocycles. The maximum atomic E-state index is 14.1. The molecular formula is C100H113N3O18. The Morgan fingerprint density at radius 3 is 1.59 bits per heavy atom. The minimum atomic E-state index is -1.46. The van der Waals surface area contributed by atoms with E-state index in [4.69, 9.17) is 34.2 Å². The molecule has 0 aromatic heterocycles. The fourth-order valence-electron chi connectivity index (χ4n) is 24.2. The monoisotopic (exact) mass is 1640 g/mol. The summed E-state index contributed by atoms with van der Waals surface area (Å²) in [5, 5.41) is 50.2. The van der Waals surface area contributed by atoms with E-state index in [-0.39, 0.29) is 102 Å². The van der Waals surface area contributed by atoms with Gasteiger partial charge in [0.2, 0.25) is 5.91 Å². The van der Waals surface area contributed by atoms with Crippen LogP contribution in [0.25, 0.3) is 11.1 Å². The zero-order valence-electron chi connectivity index (χ0n) is 70.1. The summed E-state index contributed by atoms with van der Waals surface area (Å²) in [4.78, 5) is 105. The van der Waals surface area contributed by atoms with E-state index in [0.717, 1.165) is 105 Å². The molecule has 0 unspecified atom stereocenters. The number of benzene rings is 6. The van der Waals surface area contributed by atoms with E-state index in [9.17, 15) is 58.8 Å². The lowest BCUT2D eigenvalue weighted by Gasteiger charge is -2.59. The third kappa shape index (κ3) is 15.7. The van der Waals surface area contributed by atoms with Crippen LogP contribution in [0.5, 0.6) is 0 Å². The number of fused-ring (bicyclic) bond motifs is 17. The van der Waals surface area contributed by atoms with Crippen LogP contribution < -0.4 is 16.4 Å². The third-order valence-electron chi connectivity index (χ3n) is 29.5. The Kier molecular flexibility index (Phi) is 23.5. The number of nitrogens with two attached hydrogens (primary N) is 1. The molecule has 6 aromatic rings. The number of carbonyl (C=O) groups is 8. The summed E-state index contributed by atoms with van der Waals surface area (Å²) in [5.41, 5.74) is 13.6. The van der Waals surface area contributed by atoms with Gasteiger partial charge in [-0.25, -0.2) is 4.79 Å². The van der Waals surface area contributed by atoms with Crippen LogP contribution in [0.15, 0.2) is 193 Å². The highest BCUT2D eigenvalue weighted by Crippen LogP contribution is 2.73. The number of hydrogen-bond donors (Lipinski definition) is 7. The lowest BCUT2D eigenvalue weighted by Crippen LogP contribution is -2.63. The second-order valence-corrected chi connectivity index (χ2v) is 37.8. The molecule has 636 valence electrons. The van der Waals surface area contributed by atoms with E-state index in [1.165, 1.54) is 0 Å². The molecule has 6 aromatic carbocycles. The molecule has 21 nitrogen and oxygen atoms in total. The van der Waals surface area contributed by atoms with Crippen LogP contribution in [-0.4, -0.2) is 135 Å². The number of aliphatic hydroxyl groups is 4. The zero-order valence-corrected chi connectivity index (χ0v) is 70.1. The molecule has 2 saturated heterocycles. The van der Waals surface area contributed by atoms with Crippen LogP contribution in [0.1, 0.15) is 201 Å². The maximum absolute atomic E-state index is 14.1. The van der Waals surface area contributed by atoms with Crippen LogP contribution >= 0.6 is 0 Å². The van der Waals surface area contributed by atoms with Gasteiger partial charge in [0, 0.05) is 80.7 Å². The van der Waals surface area contributed by atoms with Gasteiger partial charge in [-0.2, -0.15) is 0 Å². The lowest BCUT2D eigenvalue weighted by atomic mass is 9.46. The number of nitrogens with one attached hydrogen (secondary N) is 2. The highest BCUT2D eigenvalue weighted by molar-refractivity contribution is 6.02. The molecule has 9 aliphatic carbocycles. The second kappa shape index (κ2) is 33.5. The van der Waals surface area contributed by atoms with Crippen molar-refractivity contribution in [2.75, 3.05) is 37.4 Å². The van der Waals surface area contributed by atoms with Crippen molar-refractivity contribution in [1.29, 1.82) is 0 Å². The first-order chi connectivity index (χ1) is 57.9. The number of anilines is 2. The Bertz CT molecular complexity index is 5110. The standard InChI is InChI=1S/C65H74N2O12.C35H39NO6/c1-62(2,3)78-57(73)21-8-6-7-15-42(32-46(70)36-66-61(75)76-38-52-49-19-11-9-17-47(49)48-18-10-12-20-50(48)52)59(74)67-44-16-13-14-40(31-44)30-39-22-24-41(25-23-39)60-77-56-34-53-51-27-26-43-33-45(69)28-29-63(43,4)58(51)54(71)35-64(53,5)65(56,79-60)55(72)37-68;1-33-13-12-25(38)16-23(33)10-11-26-27-17-30-35(29(40)19-37,34(27,2)18-28(39)31(26)33)42-32(41-30)22-8-6-20(7-9-22)14-21-4-3-5-24(36)15-21/h9-14,16-20,22-25,28-29,31,33,42,51-54,56,58,60,68,71H,6-8,15,21,26-27,30,32,34-38H2,1-5H3,(H,66,75)(H,67,74);3-9,12-13,15-16,26-28,30-32,37,39H,10-11,14,17-19,36H2,1-2H3/t42-,51+,53+,54+,56-,58-,60-,63+,64+,65-;26-,27-,28-,30+,31+,32+,33-,34-,35+/m10/s1. The summed E-state index contributed by atoms with van der Waals surface area (Å²) in [5.74, 6) is -2.60. The quantitative estimate of drug-likeness (QED) is 0.0168. The second-order valence-electron chi connectivity index (χ2n) is 37.8. The average Bonchev–Trinajstić information content (AvgIpc) is 1.51. The fraction of sp³-hybridized carbons (Fsp3) is 0.480. The van der Waals surface area contributed by atoms with E-state index < -0.39 is 106 Å². The highest BCUT2D eigenvalue weighted by atomic mass is 16.8. The summed E-state index contributed by atoms with van der Waals surface area (Å²) < 4.78 is 37.9. The number of amides is 2. The summed E-state index contributed by atoms with van der Waals surface area (Å²) in [6.07, 6.45) is 14.2. The van der Waals surface area contributed by atoms with Gasteiger partial charge >= 0.3 is 12.1 Å². The Labute approximate surface area is 707 Å². The number of hydrogen-bond acceptors (Lipinski definition) is 19. The Hall–Kier alpha value is -9.68. The van der Waals surface area contributed by atoms with Crippen molar-refractivity contribution < 1.29 is 87.2 Å². The topological polar surface area (TPSA) is 323 Å². The molecule has 0 radical (unpaired) electrons. The SMILES string of the molecule is CC(C)(C)OC(=O)CCCCC[C@H](CC(=O)CNC(=O)OCC1c2ccccc2-c2ccccc21)C(=O)Nc1cccc(Cc2ccc([C@@H]3O[C@@H]4C[C@H]5[C@@H]6CCC7=CC(=O)C=C[C@]7(C)[C@H]6[C@@H](O)C[C@]5(C)[C@]4(C(=O)CO)O3)cc2)c1.C[C@]12C=CC(=O)C=C1CC[C@@H]1[C@@H]2[C@@H](O)C[C@@]2(C)[C@H]1C[C@H]1O[C@@H](c3ccc(Cc4cccc(N)c4)cc3)O[C@]12C(=O)CO. The van der Waals surface area contributed by atoms with Crippen LogP contribution in [0, 0.1) is 63.1 Å². The Morgan fingerprint density at radius 2 is 1.09 bits per heavy atom. The molecule has 19 atom stereocenters. The van der Waals surface area contributed by atoms with Gasteiger partial charge in [0.25, 0.3) is 0 Å². The normalized spacial score (nSPS) is 32.0. The molecule has 8 N–H and O–H groups in total. The molecule has 0 spiro atoms. The van der Waals surface area contributed by atoms with Crippen LogP contribution in [-0.2, 0) is 74.8 Å². The first-order valence-electron chi connectivity index (χ1n) is 43.3. The number of aliphatic hydroxyl groups excluding tert-OH is 4. The van der Waals surface area contributed by atoms with E-state index in [0.29, 0.717) is 63.5 Å². The van der Waals surface area contributed by atoms with Crippen LogP contribution in [0.2, 0.25) is 0 Å². The Balaban J connectivity index is 0.000000216. The molecular weight excluding hydrogens is 1530 g/mol. The molecule has 8 fully saturated rings. The van der Waals surface area contributed by atoms with Gasteiger partial charge in [0.15, 0.2) is 52.7 Å². The van der Waals surface area contributed by atoms with E-state index in [2.05, 4.69) is 43.5 Å². The predicted octanol–water partition coefficient (Wildman–Crippen LogP) is 14.7. The molecule has 17 rings (SSSR count). The molecule has 21 heteroatoms. The van der Waals surface area contributed by atoms with Gasteiger partial charge in [-0.05, 0) is 215 Å². The minimum Gasteiger partial charge on any atom is -0.460 e. The number of unbranched alkanes of at least 4 members (excludes halogenated alkanes) is 2. The van der Waals surface area contributed by atoms with Gasteiger partial charge in [-0.3, -0.25) is 33.6 Å². The van der Waals surface area contributed by atoms with E-state index in [1.54, 1.807) is 30.4 Å². The number of rotatable bonds is 24. The molecule has 6 saturated carbocycles. The van der Waals surface area contributed by atoms with E-state index in [1.807, 2.05) is 167 Å². The van der Waals surface area contributed by atoms with Gasteiger partial charge in [0.05, 0.1) is 31.0 Å². The third-order valence-corrected chi connectivity index (χ3v) is 29.5. The van der Waals surface area contributed by atoms with Crippen molar-refractivity contribution >= 4 is 58.3 Å². The van der Waals surface area contributed by atoms with Crippen molar-refractivity contribution in [3.8, 4) is 11.1 Å². The predicted molar refractivity (Wildman–Crippen MR) is 453 cm³/mol. The number of alkyl carbamates (subject to hydrolysis) is 1. The summed E-state index contributed by atoms with van der Waals surface area (Å²) in [6, 6.07) is 47.2. The molecule has 11 aliphatic rings. The molecule has 2 heterocycles. The van der Waals surface area contributed by atoms with Gasteiger partial charge < -0.3 is 65.2 Å². The van der Waals surface area contributed by atoms with Crippen LogP contribution in [0.4, 0.5) is 16.2 Å². The highest BCUT2D eigenvalue weighted by Gasteiger charge is 2.78. The lowest BCUT2D eigenvalue weighted by molar-refractivity contribution is -0.201. The number of ketones is 5. The Morgan fingerprint density at radius 1 is 0.595 bits per heavy atom. The largest absolute Gasteiger partial charge is 0.460 e.